The van der Waals surface area contributed by atoms with E-state index < -0.39 is 0 Å². The van der Waals surface area contributed by atoms with E-state index in [1.807, 2.05) is 45.2 Å². The second kappa shape index (κ2) is 12.1. The lowest BCUT2D eigenvalue weighted by Gasteiger charge is -2.49. The van der Waals surface area contributed by atoms with Gasteiger partial charge in [0.05, 0.1) is 24.5 Å². The van der Waals surface area contributed by atoms with Gasteiger partial charge in [-0.2, -0.15) is 5.10 Å². The number of aromatic hydroxyl groups is 1. The minimum atomic E-state index is 0.0603. The summed E-state index contributed by atoms with van der Waals surface area (Å²) in [7, 11) is 2.10. The summed E-state index contributed by atoms with van der Waals surface area (Å²) in [6, 6.07) is 6.29. The van der Waals surface area contributed by atoms with Crippen LogP contribution in [-0.4, -0.2) is 70.7 Å². The highest BCUT2D eigenvalue weighted by molar-refractivity contribution is 6.10. The van der Waals surface area contributed by atoms with Crippen LogP contribution in [0.1, 0.15) is 92.7 Å². The van der Waals surface area contributed by atoms with Crippen LogP contribution in [0.5, 0.6) is 5.75 Å². The summed E-state index contributed by atoms with van der Waals surface area (Å²) in [5, 5.41) is 23.9. The Morgan fingerprint density at radius 3 is 2.34 bits per heavy atom. The average Bonchev–Trinajstić information content (AvgIpc) is 3.68. The zero-order chi connectivity index (χ0) is 28.3. The summed E-state index contributed by atoms with van der Waals surface area (Å²) in [4.78, 5) is 7.00. The topological polar surface area (TPSA) is 85.1 Å². The number of nitrogens with zero attached hydrogens (tertiary/aromatic N) is 4. The molecule has 1 aromatic carbocycles. The zero-order valence-electron chi connectivity index (χ0n) is 25.2. The lowest BCUT2D eigenvalue weighted by molar-refractivity contribution is 0.113. The van der Waals surface area contributed by atoms with Gasteiger partial charge in [0.25, 0.3) is 0 Å². The van der Waals surface area contributed by atoms with Crippen molar-refractivity contribution in [2.24, 2.45) is 21.1 Å². The maximum absolute atomic E-state index is 10.9. The molecular weight excluding hydrogens is 474 g/mol. The van der Waals surface area contributed by atoms with E-state index in [-0.39, 0.29) is 22.9 Å². The highest BCUT2D eigenvalue weighted by atomic mass is 16.6. The molecule has 0 aromatic heterocycles. The molecule has 3 atom stereocenters. The van der Waals surface area contributed by atoms with Crippen LogP contribution in [0, 0.1) is 5.92 Å². The minimum absolute atomic E-state index is 0.0603. The van der Waals surface area contributed by atoms with E-state index in [1.165, 1.54) is 0 Å². The van der Waals surface area contributed by atoms with E-state index in [4.69, 9.17) is 9.73 Å². The van der Waals surface area contributed by atoms with Crippen molar-refractivity contribution in [2.75, 3.05) is 13.7 Å². The van der Waals surface area contributed by atoms with Crippen molar-refractivity contribution in [1.82, 2.24) is 10.2 Å². The lowest BCUT2D eigenvalue weighted by Crippen LogP contribution is -2.62. The smallest absolute Gasteiger partial charge is 0.125 e. The van der Waals surface area contributed by atoms with Crippen molar-refractivity contribution in [2.45, 2.75) is 111 Å². The van der Waals surface area contributed by atoms with Crippen molar-refractivity contribution in [1.29, 1.82) is 0 Å². The summed E-state index contributed by atoms with van der Waals surface area (Å²) >= 11 is 0. The summed E-state index contributed by atoms with van der Waals surface area (Å²) in [5.74, 6) is 1.46. The average molecular weight is 524 g/mol. The van der Waals surface area contributed by atoms with Crippen LogP contribution in [0.4, 0.5) is 0 Å². The zero-order valence-corrected chi connectivity index (χ0v) is 25.2. The third-order valence-corrected chi connectivity index (χ3v) is 7.99. The van der Waals surface area contributed by atoms with E-state index in [1.54, 1.807) is 6.07 Å². The number of hydrogen-bond donors (Lipinski definition) is 2. The van der Waals surface area contributed by atoms with Crippen molar-refractivity contribution in [3.63, 3.8) is 0 Å². The SMILES string of the molecule is C/C=C(\C=NC(C)C(C)C1CO1)c1ccc(/C(CC)=N/N=C(\C)N(C)C2CC(C)(C)NC(C)(C)C2)c(O)c1. The minimum Gasteiger partial charge on any atom is -0.507 e. The first-order valence-electron chi connectivity index (χ1n) is 14.0. The summed E-state index contributed by atoms with van der Waals surface area (Å²) in [6.45, 7) is 20.2. The number of benzene rings is 1. The number of nitrogens with one attached hydrogen (secondary N) is 1. The number of epoxide rings is 1. The highest BCUT2D eigenvalue weighted by Gasteiger charge is 2.39. The van der Waals surface area contributed by atoms with E-state index >= 15 is 0 Å². The first kappa shape index (κ1) is 30.0. The third-order valence-electron chi connectivity index (χ3n) is 7.99. The van der Waals surface area contributed by atoms with Gasteiger partial charge in [0, 0.05) is 41.9 Å². The molecule has 0 amide bonds. The van der Waals surface area contributed by atoms with Crippen molar-refractivity contribution in [3.8, 4) is 5.75 Å². The number of ether oxygens (including phenoxy) is 1. The second-order valence-corrected chi connectivity index (χ2v) is 12.3. The largest absolute Gasteiger partial charge is 0.507 e. The molecule has 210 valence electrons. The van der Waals surface area contributed by atoms with Gasteiger partial charge >= 0.3 is 0 Å². The van der Waals surface area contributed by atoms with E-state index in [2.05, 4.69) is 69.0 Å². The van der Waals surface area contributed by atoms with Gasteiger partial charge in [0.15, 0.2) is 0 Å². The second-order valence-electron chi connectivity index (χ2n) is 12.3. The standard InChI is InChI=1S/C31H49N5O2/c1-11-23(18-32-21(4)20(3)29-19-38-29)24-13-14-26(28(37)15-24)27(12-2)34-33-22(5)36(10)25-16-30(6,7)35-31(8,9)17-25/h11,13-15,18,20-21,25,29,35,37H,12,16-17,19H2,1-10H3/b23-11+,32-18?,33-22+,34-27+. The number of phenolic OH excluding ortho intramolecular Hbond substituents is 1. The molecule has 2 N–H and O–H groups in total. The van der Waals surface area contributed by atoms with Gasteiger partial charge < -0.3 is 20.1 Å². The maximum atomic E-state index is 10.9. The quantitative estimate of drug-likeness (QED) is 0.178. The molecule has 2 saturated heterocycles. The molecule has 0 aliphatic carbocycles. The molecule has 1 aromatic rings. The third kappa shape index (κ3) is 7.76. The molecule has 38 heavy (non-hydrogen) atoms. The molecule has 2 aliphatic rings. The Kier molecular flexibility index (Phi) is 9.58. The maximum Gasteiger partial charge on any atom is 0.125 e. The molecule has 7 nitrogen and oxygen atoms in total. The van der Waals surface area contributed by atoms with E-state index in [0.717, 1.165) is 42.1 Å². The fraction of sp³-hybridized carbons (Fsp3) is 0.645. The molecule has 3 unspecified atom stereocenters. The van der Waals surface area contributed by atoms with Crippen molar-refractivity contribution in [3.05, 3.63) is 35.4 Å². The molecule has 2 aliphatic heterocycles. The van der Waals surface area contributed by atoms with Crippen LogP contribution < -0.4 is 5.32 Å². The number of allylic oxidation sites excluding steroid dienone is 2. The van der Waals surface area contributed by atoms with Crippen molar-refractivity contribution < 1.29 is 9.84 Å². The van der Waals surface area contributed by atoms with E-state index in [9.17, 15) is 5.11 Å². The van der Waals surface area contributed by atoms with Crippen LogP contribution in [0.15, 0.2) is 39.5 Å². The monoisotopic (exact) mass is 523 g/mol. The summed E-state index contributed by atoms with van der Waals surface area (Å²) in [6.07, 6.45) is 6.99. The van der Waals surface area contributed by atoms with Crippen LogP contribution in [0.25, 0.3) is 5.57 Å². The molecule has 0 saturated carbocycles. The highest BCUT2D eigenvalue weighted by Crippen LogP contribution is 2.31. The van der Waals surface area contributed by atoms with Gasteiger partial charge in [-0.05, 0) is 91.0 Å². The Hall–Kier alpha value is -2.51. The predicted octanol–water partition coefficient (Wildman–Crippen LogP) is 6.06. The fourth-order valence-corrected chi connectivity index (χ4v) is 5.60. The Balaban J connectivity index is 1.76. The van der Waals surface area contributed by atoms with Crippen LogP contribution >= 0.6 is 0 Å². The van der Waals surface area contributed by atoms with Gasteiger partial charge in [-0.15, -0.1) is 5.10 Å². The summed E-state index contributed by atoms with van der Waals surface area (Å²) < 4.78 is 5.42. The molecule has 0 bridgehead atoms. The van der Waals surface area contributed by atoms with Gasteiger partial charge in [0.2, 0.25) is 0 Å². The Bertz CT molecular complexity index is 1080. The number of amidine groups is 1. The molecule has 0 radical (unpaired) electrons. The predicted molar refractivity (Wildman–Crippen MR) is 161 cm³/mol. The van der Waals surface area contributed by atoms with Gasteiger partial charge in [-0.3, -0.25) is 4.99 Å². The van der Waals surface area contributed by atoms with Crippen LogP contribution in [0.3, 0.4) is 0 Å². The van der Waals surface area contributed by atoms with E-state index in [0.29, 0.717) is 30.0 Å². The number of piperidine rings is 1. The number of phenols is 1. The van der Waals surface area contributed by atoms with Crippen LogP contribution in [0.2, 0.25) is 0 Å². The normalized spacial score (nSPS) is 23.9. The summed E-state index contributed by atoms with van der Waals surface area (Å²) in [5.41, 5.74) is 3.48. The van der Waals surface area contributed by atoms with Crippen molar-refractivity contribution >= 4 is 23.3 Å². The van der Waals surface area contributed by atoms with Gasteiger partial charge in [-0.1, -0.05) is 26.0 Å². The molecule has 3 rings (SSSR count). The number of hydrogen-bond acceptors (Lipinski definition) is 6. The van der Waals surface area contributed by atoms with Gasteiger partial charge in [0.1, 0.15) is 11.6 Å². The molecule has 2 heterocycles. The molecule has 7 heteroatoms. The van der Waals surface area contributed by atoms with Crippen LogP contribution in [-0.2, 0) is 4.74 Å². The molecule has 2 fully saturated rings. The molecular formula is C31H49N5O2. The first-order valence-corrected chi connectivity index (χ1v) is 14.0. The first-order chi connectivity index (χ1) is 17.8. The Labute approximate surface area is 230 Å². The number of aliphatic imine (C=N–C) groups is 1. The lowest BCUT2D eigenvalue weighted by atomic mass is 9.79. The Morgan fingerprint density at radius 1 is 1.18 bits per heavy atom. The molecule has 0 spiro atoms. The fourth-order valence-electron chi connectivity index (χ4n) is 5.60. The number of rotatable bonds is 9. The Morgan fingerprint density at radius 2 is 1.82 bits per heavy atom. The van der Waals surface area contributed by atoms with Gasteiger partial charge in [-0.25, -0.2) is 0 Å².